The van der Waals surface area contributed by atoms with E-state index in [-0.39, 0.29) is 4.90 Å². The molecule has 0 radical (unpaired) electrons. The lowest BCUT2D eigenvalue weighted by Crippen LogP contribution is -2.32. The number of rotatable bonds is 3. The van der Waals surface area contributed by atoms with Gasteiger partial charge in [-0.3, -0.25) is 5.84 Å². The van der Waals surface area contributed by atoms with Crippen molar-refractivity contribution in [3.05, 3.63) is 24.3 Å². The average Bonchev–Trinajstić information content (AvgIpc) is 2.68. The molecule has 6 heteroatoms. The highest BCUT2D eigenvalue weighted by Crippen LogP contribution is 2.25. The summed E-state index contributed by atoms with van der Waals surface area (Å²) < 4.78 is 26.7. The molecule has 3 N–H and O–H groups in total. The van der Waals surface area contributed by atoms with Crippen LogP contribution in [0.25, 0.3) is 0 Å². The maximum Gasteiger partial charge on any atom is 0.245 e. The van der Waals surface area contributed by atoms with E-state index in [4.69, 9.17) is 5.84 Å². The van der Waals surface area contributed by atoms with Gasteiger partial charge in [0.25, 0.3) is 0 Å². The molecule has 5 nitrogen and oxygen atoms in total. The smallest absolute Gasteiger partial charge is 0.245 e. The van der Waals surface area contributed by atoms with Gasteiger partial charge < -0.3 is 5.43 Å². The fourth-order valence-electron chi connectivity index (χ4n) is 2.23. The number of hydrogen-bond donors (Lipinski definition) is 2. The first kappa shape index (κ1) is 13.3. The molecule has 2 rings (SSSR count). The van der Waals surface area contributed by atoms with Crippen molar-refractivity contribution in [2.24, 2.45) is 5.84 Å². The average molecular weight is 269 g/mol. The fraction of sp³-hybridized carbons (Fsp3) is 0.500. The summed E-state index contributed by atoms with van der Waals surface area (Å²) in [5.74, 6) is 5.37. The largest absolute Gasteiger partial charge is 0.323 e. The van der Waals surface area contributed by atoms with Crippen molar-refractivity contribution in [3.8, 4) is 0 Å². The van der Waals surface area contributed by atoms with Crippen LogP contribution in [0, 0.1) is 0 Å². The number of anilines is 1. The first-order valence-corrected chi connectivity index (χ1v) is 7.66. The molecule has 1 saturated heterocycles. The molecule has 0 atom stereocenters. The van der Waals surface area contributed by atoms with Gasteiger partial charge >= 0.3 is 0 Å². The molecule has 0 spiro atoms. The van der Waals surface area contributed by atoms with Gasteiger partial charge in [-0.1, -0.05) is 25.0 Å². The normalized spacial score (nSPS) is 18.3. The van der Waals surface area contributed by atoms with Crippen LogP contribution >= 0.6 is 0 Å². The van der Waals surface area contributed by atoms with Crippen LogP contribution in [-0.2, 0) is 10.0 Å². The van der Waals surface area contributed by atoms with Crippen molar-refractivity contribution in [1.29, 1.82) is 0 Å². The van der Waals surface area contributed by atoms with Crippen LogP contribution in [0.1, 0.15) is 25.7 Å². The first-order chi connectivity index (χ1) is 8.66. The van der Waals surface area contributed by atoms with Gasteiger partial charge in [0.1, 0.15) is 4.90 Å². The van der Waals surface area contributed by atoms with Crippen LogP contribution in [0.15, 0.2) is 29.2 Å². The Morgan fingerprint density at radius 1 is 1.06 bits per heavy atom. The molecule has 1 aliphatic rings. The Hall–Kier alpha value is -1.11. The summed E-state index contributed by atoms with van der Waals surface area (Å²) in [5, 5.41) is 0. The third-order valence-corrected chi connectivity index (χ3v) is 5.18. The standard InChI is InChI=1S/C12H19N3O2S/c13-14-11-7-3-4-8-12(11)18(16,17)15-9-5-1-2-6-10-15/h3-4,7-8,14H,1-2,5-6,9-10,13H2. The van der Waals surface area contributed by atoms with E-state index in [0.29, 0.717) is 18.8 Å². The number of nitrogens with one attached hydrogen (secondary N) is 1. The SMILES string of the molecule is NNc1ccccc1S(=O)(=O)N1CCCCCC1. The van der Waals surface area contributed by atoms with Crippen LogP contribution in [-0.4, -0.2) is 25.8 Å². The second kappa shape index (κ2) is 5.69. The molecular weight excluding hydrogens is 250 g/mol. The molecule has 1 aromatic carbocycles. The van der Waals surface area contributed by atoms with Crippen LogP contribution in [0.2, 0.25) is 0 Å². The summed E-state index contributed by atoms with van der Waals surface area (Å²) in [7, 11) is -3.44. The van der Waals surface area contributed by atoms with Gasteiger partial charge in [-0.2, -0.15) is 4.31 Å². The Bertz CT molecular complexity index is 494. The maximum atomic E-state index is 12.6. The lowest BCUT2D eigenvalue weighted by Gasteiger charge is -2.21. The van der Waals surface area contributed by atoms with Crippen LogP contribution in [0.4, 0.5) is 5.69 Å². The molecule has 1 fully saturated rings. The highest BCUT2D eigenvalue weighted by Gasteiger charge is 2.26. The summed E-state index contributed by atoms with van der Waals surface area (Å²) in [6.45, 7) is 1.20. The second-order valence-electron chi connectivity index (χ2n) is 4.46. The molecule has 0 saturated carbocycles. The third-order valence-electron chi connectivity index (χ3n) is 3.23. The molecule has 0 aromatic heterocycles. The number of para-hydroxylation sites is 1. The number of hydrazine groups is 1. The van der Waals surface area contributed by atoms with E-state index in [1.807, 2.05) is 0 Å². The molecular formula is C12H19N3O2S. The lowest BCUT2D eigenvalue weighted by atomic mass is 10.2. The number of benzene rings is 1. The highest BCUT2D eigenvalue weighted by molar-refractivity contribution is 7.89. The summed E-state index contributed by atoms with van der Waals surface area (Å²) >= 11 is 0. The number of sulfonamides is 1. The quantitative estimate of drug-likeness (QED) is 0.644. The Labute approximate surface area is 108 Å². The monoisotopic (exact) mass is 269 g/mol. The molecule has 100 valence electrons. The zero-order chi connectivity index (χ0) is 13.0. The van der Waals surface area contributed by atoms with Gasteiger partial charge in [0, 0.05) is 13.1 Å². The summed E-state index contributed by atoms with van der Waals surface area (Å²) in [4.78, 5) is 0.259. The summed E-state index contributed by atoms with van der Waals surface area (Å²) in [5.41, 5.74) is 2.90. The van der Waals surface area contributed by atoms with Crippen molar-refractivity contribution < 1.29 is 8.42 Å². The molecule has 0 bridgehead atoms. The van der Waals surface area contributed by atoms with Gasteiger partial charge in [-0.15, -0.1) is 0 Å². The Kier molecular flexibility index (Phi) is 4.21. The van der Waals surface area contributed by atoms with Crippen molar-refractivity contribution >= 4 is 15.7 Å². The Balaban J connectivity index is 2.34. The molecule has 1 heterocycles. The molecule has 0 aliphatic carbocycles. The maximum absolute atomic E-state index is 12.6. The van der Waals surface area contributed by atoms with Crippen LogP contribution in [0.3, 0.4) is 0 Å². The molecule has 1 aliphatic heterocycles. The molecule has 1 aromatic rings. The summed E-state index contributed by atoms with van der Waals surface area (Å²) in [6.07, 6.45) is 4.06. The predicted octanol–water partition coefficient (Wildman–Crippen LogP) is 1.54. The van der Waals surface area contributed by atoms with Crippen molar-refractivity contribution in [3.63, 3.8) is 0 Å². The van der Waals surface area contributed by atoms with Gasteiger partial charge in [-0.05, 0) is 25.0 Å². The number of hydrogen-bond acceptors (Lipinski definition) is 4. The second-order valence-corrected chi connectivity index (χ2v) is 6.37. The number of nitrogens with two attached hydrogens (primary N) is 1. The number of nitrogens with zero attached hydrogens (tertiary/aromatic N) is 1. The molecule has 18 heavy (non-hydrogen) atoms. The number of nitrogen functional groups attached to an aromatic ring is 1. The van der Waals surface area contributed by atoms with Gasteiger partial charge in [0.2, 0.25) is 10.0 Å². The third kappa shape index (κ3) is 2.66. The van der Waals surface area contributed by atoms with Crippen molar-refractivity contribution in [2.75, 3.05) is 18.5 Å². The first-order valence-electron chi connectivity index (χ1n) is 6.22. The minimum absolute atomic E-state index is 0.259. The van der Waals surface area contributed by atoms with E-state index in [9.17, 15) is 8.42 Å². The zero-order valence-corrected chi connectivity index (χ0v) is 11.1. The van der Waals surface area contributed by atoms with Crippen LogP contribution < -0.4 is 11.3 Å². The van der Waals surface area contributed by atoms with E-state index < -0.39 is 10.0 Å². The summed E-state index contributed by atoms with van der Waals surface area (Å²) in [6, 6.07) is 6.74. The van der Waals surface area contributed by atoms with Gasteiger partial charge in [0.15, 0.2) is 0 Å². The molecule has 0 amide bonds. The Morgan fingerprint density at radius 3 is 2.28 bits per heavy atom. The Morgan fingerprint density at radius 2 is 1.67 bits per heavy atom. The van der Waals surface area contributed by atoms with Crippen LogP contribution in [0.5, 0.6) is 0 Å². The van der Waals surface area contributed by atoms with E-state index in [2.05, 4.69) is 5.43 Å². The van der Waals surface area contributed by atoms with E-state index in [1.165, 1.54) is 0 Å². The minimum atomic E-state index is -3.44. The lowest BCUT2D eigenvalue weighted by molar-refractivity contribution is 0.424. The highest BCUT2D eigenvalue weighted by atomic mass is 32.2. The fourth-order valence-corrected chi connectivity index (χ4v) is 3.90. The minimum Gasteiger partial charge on any atom is -0.323 e. The van der Waals surface area contributed by atoms with Gasteiger partial charge in [0.05, 0.1) is 5.69 Å². The van der Waals surface area contributed by atoms with Gasteiger partial charge in [-0.25, -0.2) is 8.42 Å². The van der Waals surface area contributed by atoms with Crippen molar-refractivity contribution in [1.82, 2.24) is 4.31 Å². The van der Waals surface area contributed by atoms with Crippen molar-refractivity contribution in [2.45, 2.75) is 30.6 Å². The molecule has 0 unspecified atom stereocenters. The van der Waals surface area contributed by atoms with E-state index in [0.717, 1.165) is 25.7 Å². The topological polar surface area (TPSA) is 75.4 Å². The predicted molar refractivity (Wildman–Crippen MR) is 71.5 cm³/mol. The van der Waals surface area contributed by atoms with E-state index >= 15 is 0 Å². The zero-order valence-electron chi connectivity index (χ0n) is 10.3. The van der Waals surface area contributed by atoms with E-state index in [1.54, 1.807) is 28.6 Å².